The van der Waals surface area contributed by atoms with Crippen LogP contribution in [0, 0.1) is 5.82 Å². The average Bonchev–Trinajstić information content (AvgIpc) is 2.42. The number of benzene rings is 1. The second-order valence-electron chi connectivity index (χ2n) is 3.86. The van der Waals surface area contributed by atoms with E-state index >= 15 is 0 Å². The normalized spacial score (nSPS) is 10.1. The molecule has 0 atom stereocenters. The summed E-state index contributed by atoms with van der Waals surface area (Å²) in [7, 11) is 0. The van der Waals surface area contributed by atoms with Gasteiger partial charge in [0, 0.05) is 13.1 Å². The van der Waals surface area contributed by atoms with Crippen molar-refractivity contribution in [2.24, 2.45) is 0 Å². The van der Waals surface area contributed by atoms with E-state index in [4.69, 9.17) is 5.11 Å². The molecular weight excluding hydrogens is 251 g/mol. The van der Waals surface area contributed by atoms with Gasteiger partial charge in [-0.05, 0) is 19.1 Å². The summed E-state index contributed by atoms with van der Waals surface area (Å²) in [6.45, 7) is 2.06. The van der Waals surface area contributed by atoms with Crippen molar-refractivity contribution < 1.29 is 19.1 Å². The zero-order valence-electron chi connectivity index (χ0n) is 10.7. The van der Waals surface area contributed by atoms with Crippen LogP contribution < -0.4 is 5.32 Å². The molecule has 0 fully saturated rings. The summed E-state index contributed by atoms with van der Waals surface area (Å²) in [5.41, 5.74) is -0.0968. The molecule has 0 aliphatic carbocycles. The van der Waals surface area contributed by atoms with Crippen LogP contribution in [0.25, 0.3) is 0 Å². The van der Waals surface area contributed by atoms with Crippen LogP contribution in [0.4, 0.5) is 4.39 Å². The number of aliphatic hydroxyl groups excluding tert-OH is 1. The number of nitrogens with zero attached hydrogens (tertiary/aromatic N) is 1. The zero-order valence-corrected chi connectivity index (χ0v) is 10.7. The van der Waals surface area contributed by atoms with E-state index in [1.54, 1.807) is 13.0 Å². The minimum Gasteiger partial charge on any atom is -0.395 e. The van der Waals surface area contributed by atoms with Gasteiger partial charge >= 0.3 is 0 Å². The summed E-state index contributed by atoms with van der Waals surface area (Å²) in [4.78, 5) is 24.8. The Labute approximate surface area is 111 Å². The Hall–Kier alpha value is -1.95. The van der Waals surface area contributed by atoms with Gasteiger partial charge in [-0.15, -0.1) is 0 Å². The molecule has 5 nitrogen and oxygen atoms in total. The predicted octanol–water partition coefficient (Wildman–Crippen LogP) is 0.396. The maximum Gasteiger partial charge on any atom is 0.254 e. The molecule has 1 aromatic carbocycles. The Morgan fingerprint density at radius 3 is 2.63 bits per heavy atom. The summed E-state index contributed by atoms with van der Waals surface area (Å²) >= 11 is 0. The molecule has 0 aliphatic heterocycles. The maximum absolute atomic E-state index is 13.3. The van der Waals surface area contributed by atoms with Crippen LogP contribution in [0.5, 0.6) is 0 Å². The molecular formula is C13H17FN2O3. The number of amides is 2. The average molecular weight is 268 g/mol. The van der Waals surface area contributed by atoms with Crippen molar-refractivity contribution in [3.63, 3.8) is 0 Å². The fraction of sp³-hybridized carbons (Fsp3) is 0.385. The summed E-state index contributed by atoms with van der Waals surface area (Å²) in [6, 6.07) is 5.56. The highest BCUT2D eigenvalue weighted by Crippen LogP contribution is 2.05. The Balaban J connectivity index is 2.55. The third-order valence-electron chi connectivity index (χ3n) is 2.62. The van der Waals surface area contributed by atoms with E-state index in [0.717, 1.165) is 0 Å². The van der Waals surface area contributed by atoms with Crippen molar-refractivity contribution in [2.75, 3.05) is 26.2 Å². The topological polar surface area (TPSA) is 69.6 Å². The van der Waals surface area contributed by atoms with Crippen LogP contribution in [0.15, 0.2) is 24.3 Å². The van der Waals surface area contributed by atoms with Crippen molar-refractivity contribution in [2.45, 2.75) is 6.92 Å². The largest absolute Gasteiger partial charge is 0.395 e. The number of aliphatic hydroxyl groups is 1. The Morgan fingerprint density at radius 1 is 1.37 bits per heavy atom. The first kappa shape index (κ1) is 15.1. The van der Waals surface area contributed by atoms with Crippen LogP contribution in [0.2, 0.25) is 0 Å². The van der Waals surface area contributed by atoms with E-state index in [9.17, 15) is 14.0 Å². The number of hydrogen-bond donors (Lipinski definition) is 2. The molecule has 0 saturated carbocycles. The summed E-state index contributed by atoms with van der Waals surface area (Å²) in [5.74, 6) is -1.58. The van der Waals surface area contributed by atoms with Gasteiger partial charge in [0.25, 0.3) is 5.91 Å². The number of rotatable bonds is 6. The van der Waals surface area contributed by atoms with E-state index in [0.29, 0.717) is 6.54 Å². The molecule has 104 valence electrons. The quantitative estimate of drug-likeness (QED) is 0.784. The Kier molecular flexibility index (Phi) is 5.95. The molecule has 0 aromatic heterocycles. The molecule has 0 radical (unpaired) electrons. The van der Waals surface area contributed by atoms with E-state index in [1.807, 2.05) is 0 Å². The molecule has 0 aliphatic rings. The first-order valence-corrected chi connectivity index (χ1v) is 6.01. The van der Waals surface area contributed by atoms with Crippen LogP contribution in [0.3, 0.4) is 0 Å². The Morgan fingerprint density at radius 2 is 2.05 bits per heavy atom. The lowest BCUT2D eigenvalue weighted by atomic mass is 10.2. The van der Waals surface area contributed by atoms with Crippen molar-refractivity contribution >= 4 is 11.8 Å². The zero-order chi connectivity index (χ0) is 14.3. The lowest BCUT2D eigenvalue weighted by Gasteiger charge is -2.19. The van der Waals surface area contributed by atoms with Crippen LogP contribution in [-0.4, -0.2) is 48.1 Å². The van der Waals surface area contributed by atoms with Gasteiger partial charge in [0.1, 0.15) is 5.82 Å². The van der Waals surface area contributed by atoms with Crippen LogP contribution >= 0.6 is 0 Å². The van der Waals surface area contributed by atoms with E-state index < -0.39 is 11.7 Å². The highest BCUT2D eigenvalue weighted by molar-refractivity contribution is 5.96. The summed E-state index contributed by atoms with van der Waals surface area (Å²) in [6.07, 6.45) is 0. The van der Waals surface area contributed by atoms with Gasteiger partial charge in [0.15, 0.2) is 0 Å². The van der Waals surface area contributed by atoms with E-state index in [1.165, 1.54) is 23.1 Å². The van der Waals surface area contributed by atoms with Crippen molar-refractivity contribution in [1.29, 1.82) is 0 Å². The standard InChI is InChI=1S/C13H17FN2O3/c1-2-16(7-8-17)12(18)9-15-13(19)10-5-3-4-6-11(10)14/h3-6,17H,2,7-9H2,1H3,(H,15,19). The highest BCUT2D eigenvalue weighted by Gasteiger charge is 2.14. The molecule has 0 heterocycles. The number of nitrogens with one attached hydrogen (secondary N) is 1. The second kappa shape index (κ2) is 7.48. The summed E-state index contributed by atoms with van der Waals surface area (Å²) in [5, 5.41) is 11.1. The third-order valence-corrected chi connectivity index (χ3v) is 2.62. The van der Waals surface area contributed by atoms with Gasteiger partial charge in [0.05, 0.1) is 18.7 Å². The monoisotopic (exact) mass is 268 g/mol. The van der Waals surface area contributed by atoms with Gasteiger partial charge in [-0.1, -0.05) is 12.1 Å². The van der Waals surface area contributed by atoms with Gasteiger partial charge in [-0.25, -0.2) is 4.39 Å². The van der Waals surface area contributed by atoms with E-state index in [-0.39, 0.29) is 31.2 Å². The number of hydrogen-bond acceptors (Lipinski definition) is 3. The number of carbonyl (C=O) groups excluding carboxylic acids is 2. The first-order valence-electron chi connectivity index (χ1n) is 6.01. The maximum atomic E-state index is 13.3. The lowest BCUT2D eigenvalue weighted by molar-refractivity contribution is -0.130. The number of carbonyl (C=O) groups is 2. The molecule has 0 saturated heterocycles. The molecule has 6 heteroatoms. The lowest BCUT2D eigenvalue weighted by Crippen LogP contribution is -2.41. The minimum absolute atomic E-state index is 0.0968. The van der Waals surface area contributed by atoms with Gasteiger partial charge in [-0.2, -0.15) is 0 Å². The molecule has 0 spiro atoms. The molecule has 2 amide bonds. The third kappa shape index (κ3) is 4.33. The van der Waals surface area contributed by atoms with Gasteiger partial charge < -0.3 is 15.3 Å². The van der Waals surface area contributed by atoms with Crippen LogP contribution in [-0.2, 0) is 4.79 Å². The molecule has 19 heavy (non-hydrogen) atoms. The smallest absolute Gasteiger partial charge is 0.254 e. The SMILES string of the molecule is CCN(CCO)C(=O)CNC(=O)c1ccccc1F. The molecule has 1 aromatic rings. The van der Waals surface area contributed by atoms with Crippen LogP contribution in [0.1, 0.15) is 17.3 Å². The fourth-order valence-electron chi connectivity index (χ4n) is 1.59. The number of likely N-dealkylation sites (N-methyl/N-ethyl adjacent to an activating group) is 1. The van der Waals surface area contributed by atoms with Crippen molar-refractivity contribution in [3.05, 3.63) is 35.6 Å². The van der Waals surface area contributed by atoms with Gasteiger partial charge in [0.2, 0.25) is 5.91 Å². The molecule has 1 rings (SSSR count). The summed E-state index contributed by atoms with van der Waals surface area (Å²) < 4.78 is 13.3. The Bertz CT molecular complexity index is 451. The highest BCUT2D eigenvalue weighted by atomic mass is 19.1. The van der Waals surface area contributed by atoms with Gasteiger partial charge in [-0.3, -0.25) is 9.59 Å². The fourth-order valence-corrected chi connectivity index (χ4v) is 1.59. The van der Waals surface area contributed by atoms with Crippen molar-refractivity contribution in [3.8, 4) is 0 Å². The predicted molar refractivity (Wildman–Crippen MR) is 68.1 cm³/mol. The second-order valence-corrected chi connectivity index (χ2v) is 3.86. The molecule has 0 unspecified atom stereocenters. The van der Waals surface area contributed by atoms with E-state index in [2.05, 4.69) is 5.32 Å². The molecule has 0 bridgehead atoms. The molecule has 2 N–H and O–H groups in total. The van der Waals surface area contributed by atoms with Crippen molar-refractivity contribution in [1.82, 2.24) is 10.2 Å². The minimum atomic E-state index is -0.633. The number of halogens is 1. The first-order chi connectivity index (χ1) is 9.10.